The lowest BCUT2D eigenvalue weighted by Crippen LogP contribution is -2.49. The van der Waals surface area contributed by atoms with Crippen molar-refractivity contribution in [3.63, 3.8) is 0 Å². The SMILES string of the molecule is CCC(O)CN1CCN(c2cc(C)nc3ncnn23)CC1. The molecular weight excluding hydrogens is 268 g/mol. The molecule has 1 N–H and O–H groups in total. The third-order valence-corrected chi connectivity index (χ3v) is 4.00. The van der Waals surface area contributed by atoms with Crippen molar-refractivity contribution in [3.05, 3.63) is 18.1 Å². The van der Waals surface area contributed by atoms with E-state index in [2.05, 4.69) is 30.9 Å². The lowest BCUT2D eigenvalue weighted by molar-refractivity contribution is 0.106. The van der Waals surface area contributed by atoms with Crippen LogP contribution in [0, 0.1) is 6.92 Å². The maximum Gasteiger partial charge on any atom is 0.254 e. The highest BCUT2D eigenvalue weighted by Gasteiger charge is 2.21. The summed E-state index contributed by atoms with van der Waals surface area (Å²) in [4.78, 5) is 13.2. The molecule has 1 saturated heterocycles. The number of hydrogen-bond donors (Lipinski definition) is 1. The number of aliphatic hydroxyl groups is 1. The summed E-state index contributed by atoms with van der Waals surface area (Å²) in [5, 5.41) is 14.0. The van der Waals surface area contributed by atoms with Gasteiger partial charge in [0.15, 0.2) is 0 Å². The van der Waals surface area contributed by atoms with Gasteiger partial charge in [-0.05, 0) is 13.3 Å². The van der Waals surface area contributed by atoms with Gasteiger partial charge in [-0.1, -0.05) is 6.92 Å². The molecule has 21 heavy (non-hydrogen) atoms. The van der Waals surface area contributed by atoms with E-state index in [1.165, 1.54) is 0 Å². The number of fused-ring (bicyclic) bond motifs is 1. The zero-order valence-corrected chi connectivity index (χ0v) is 12.6. The van der Waals surface area contributed by atoms with Crippen LogP contribution in [0.25, 0.3) is 5.78 Å². The topological polar surface area (TPSA) is 69.8 Å². The highest BCUT2D eigenvalue weighted by atomic mass is 16.3. The molecule has 1 unspecified atom stereocenters. The van der Waals surface area contributed by atoms with Crippen molar-refractivity contribution in [1.82, 2.24) is 24.5 Å². The molecule has 0 bridgehead atoms. The highest BCUT2D eigenvalue weighted by molar-refractivity contribution is 5.47. The second-order valence-electron chi connectivity index (χ2n) is 5.58. The lowest BCUT2D eigenvalue weighted by Gasteiger charge is -2.36. The number of β-amino-alcohol motifs (C(OH)–C–C–N with tert-alkyl or cyclic N) is 1. The summed E-state index contributed by atoms with van der Waals surface area (Å²) < 4.78 is 1.80. The van der Waals surface area contributed by atoms with Crippen molar-refractivity contribution in [2.75, 3.05) is 37.6 Å². The molecule has 3 rings (SSSR count). The van der Waals surface area contributed by atoms with Gasteiger partial charge < -0.3 is 10.0 Å². The number of piperazine rings is 1. The van der Waals surface area contributed by atoms with Crippen LogP contribution in [0.4, 0.5) is 5.82 Å². The van der Waals surface area contributed by atoms with E-state index < -0.39 is 0 Å². The predicted octanol–water partition coefficient (Wildman–Crippen LogP) is 0.326. The Labute approximate surface area is 124 Å². The molecule has 1 aliphatic rings. The smallest absolute Gasteiger partial charge is 0.254 e. The molecule has 0 saturated carbocycles. The van der Waals surface area contributed by atoms with E-state index in [-0.39, 0.29) is 6.10 Å². The predicted molar refractivity (Wildman–Crippen MR) is 80.5 cm³/mol. The van der Waals surface area contributed by atoms with Crippen molar-refractivity contribution < 1.29 is 5.11 Å². The van der Waals surface area contributed by atoms with Gasteiger partial charge in [0.1, 0.15) is 12.1 Å². The normalized spacial score (nSPS) is 18.3. The zero-order valence-electron chi connectivity index (χ0n) is 12.6. The van der Waals surface area contributed by atoms with Crippen LogP contribution in [0.3, 0.4) is 0 Å². The molecule has 0 amide bonds. The van der Waals surface area contributed by atoms with Gasteiger partial charge in [0, 0.05) is 44.5 Å². The maximum atomic E-state index is 9.76. The molecule has 0 aliphatic carbocycles. The first-order valence-corrected chi connectivity index (χ1v) is 7.50. The molecule has 1 fully saturated rings. The first-order chi connectivity index (χ1) is 10.2. The van der Waals surface area contributed by atoms with Crippen LogP contribution in [0.15, 0.2) is 12.4 Å². The molecule has 0 radical (unpaired) electrons. The van der Waals surface area contributed by atoms with Crippen molar-refractivity contribution in [3.8, 4) is 0 Å². The average molecular weight is 290 g/mol. The Bertz CT molecular complexity index is 605. The average Bonchev–Trinajstić information content (AvgIpc) is 2.95. The summed E-state index contributed by atoms with van der Waals surface area (Å²) in [5.74, 6) is 1.69. The summed E-state index contributed by atoms with van der Waals surface area (Å²) in [6.45, 7) is 8.51. The Balaban J connectivity index is 1.72. The third-order valence-electron chi connectivity index (χ3n) is 4.00. The molecule has 2 aromatic rings. The van der Waals surface area contributed by atoms with Crippen LogP contribution < -0.4 is 4.90 Å². The number of aromatic nitrogens is 4. The number of anilines is 1. The summed E-state index contributed by atoms with van der Waals surface area (Å²) >= 11 is 0. The maximum absolute atomic E-state index is 9.76. The fourth-order valence-electron chi connectivity index (χ4n) is 2.72. The second kappa shape index (κ2) is 5.95. The van der Waals surface area contributed by atoms with Crippen LogP contribution in [-0.4, -0.2) is 68.4 Å². The van der Waals surface area contributed by atoms with Crippen molar-refractivity contribution in [2.24, 2.45) is 0 Å². The van der Waals surface area contributed by atoms with Crippen LogP contribution in [0.2, 0.25) is 0 Å². The molecule has 2 aromatic heterocycles. The van der Waals surface area contributed by atoms with E-state index in [9.17, 15) is 5.11 Å². The van der Waals surface area contributed by atoms with E-state index in [4.69, 9.17) is 0 Å². The summed E-state index contributed by atoms with van der Waals surface area (Å²) in [7, 11) is 0. The zero-order chi connectivity index (χ0) is 14.8. The van der Waals surface area contributed by atoms with Gasteiger partial charge in [0.05, 0.1) is 6.10 Å². The number of aliphatic hydroxyl groups excluding tert-OH is 1. The minimum atomic E-state index is -0.221. The summed E-state index contributed by atoms with van der Waals surface area (Å²) in [6, 6.07) is 2.05. The fraction of sp³-hybridized carbons (Fsp3) is 0.643. The minimum Gasteiger partial charge on any atom is -0.392 e. The van der Waals surface area contributed by atoms with Crippen LogP contribution in [0.5, 0.6) is 0 Å². The lowest BCUT2D eigenvalue weighted by atomic mass is 10.2. The highest BCUT2D eigenvalue weighted by Crippen LogP contribution is 2.18. The van der Waals surface area contributed by atoms with Crippen molar-refractivity contribution in [1.29, 1.82) is 0 Å². The second-order valence-corrected chi connectivity index (χ2v) is 5.58. The van der Waals surface area contributed by atoms with E-state index in [0.717, 1.165) is 50.7 Å². The molecule has 0 aromatic carbocycles. The molecular formula is C14H22N6O. The Hall–Kier alpha value is -1.73. The van der Waals surface area contributed by atoms with Crippen LogP contribution in [-0.2, 0) is 0 Å². The van der Waals surface area contributed by atoms with Crippen molar-refractivity contribution >= 4 is 11.6 Å². The van der Waals surface area contributed by atoms with E-state index in [1.54, 1.807) is 10.8 Å². The monoisotopic (exact) mass is 290 g/mol. The number of nitrogens with zero attached hydrogens (tertiary/aromatic N) is 6. The Morgan fingerprint density at radius 3 is 2.76 bits per heavy atom. The molecule has 0 spiro atoms. The molecule has 1 aliphatic heterocycles. The Kier molecular flexibility index (Phi) is 4.03. The standard InChI is InChI=1S/C14H22N6O/c1-3-12(21)9-18-4-6-19(7-5-18)13-8-11(2)17-14-15-10-16-20(13)14/h8,10,12,21H,3-7,9H2,1-2H3. The molecule has 7 nitrogen and oxygen atoms in total. The van der Waals surface area contributed by atoms with Crippen LogP contribution >= 0.6 is 0 Å². The largest absolute Gasteiger partial charge is 0.392 e. The van der Waals surface area contributed by atoms with E-state index in [0.29, 0.717) is 5.78 Å². The van der Waals surface area contributed by atoms with E-state index >= 15 is 0 Å². The number of rotatable bonds is 4. The van der Waals surface area contributed by atoms with Gasteiger partial charge in [-0.3, -0.25) is 4.90 Å². The summed E-state index contributed by atoms with van der Waals surface area (Å²) in [6.07, 6.45) is 2.13. The van der Waals surface area contributed by atoms with Gasteiger partial charge in [0.2, 0.25) is 0 Å². The Morgan fingerprint density at radius 2 is 2.05 bits per heavy atom. The van der Waals surface area contributed by atoms with Gasteiger partial charge in [0.25, 0.3) is 5.78 Å². The summed E-state index contributed by atoms with van der Waals surface area (Å²) in [5.41, 5.74) is 0.953. The first-order valence-electron chi connectivity index (χ1n) is 7.50. The Morgan fingerprint density at radius 1 is 1.29 bits per heavy atom. The molecule has 1 atom stereocenters. The van der Waals surface area contributed by atoms with Crippen molar-refractivity contribution in [2.45, 2.75) is 26.4 Å². The van der Waals surface area contributed by atoms with Gasteiger partial charge >= 0.3 is 0 Å². The number of hydrogen-bond acceptors (Lipinski definition) is 6. The first kappa shape index (κ1) is 14.2. The fourth-order valence-corrected chi connectivity index (χ4v) is 2.72. The molecule has 7 heteroatoms. The van der Waals surface area contributed by atoms with Gasteiger partial charge in [-0.15, -0.1) is 0 Å². The van der Waals surface area contributed by atoms with Gasteiger partial charge in [-0.2, -0.15) is 14.6 Å². The third kappa shape index (κ3) is 2.98. The minimum absolute atomic E-state index is 0.221. The molecule has 114 valence electrons. The number of aryl methyl sites for hydroxylation is 1. The molecule has 3 heterocycles. The van der Waals surface area contributed by atoms with E-state index in [1.807, 2.05) is 13.8 Å². The van der Waals surface area contributed by atoms with Crippen LogP contribution in [0.1, 0.15) is 19.0 Å². The van der Waals surface area contributed by atoms with Gasteiger partial charge in [-0.25, -0.2) is 4.98 Å². The quantitative estimate of drug-likeness (QED) is 0.875.